The van der Waals surface area contributed by atoms with Gasteiger partial charge < -0.3 is 10.1 Å². The summed E-state index contributed by atoms with van der Waals surface area (Å²) in [5, 5.41) is 2.71. The molecule has 3 rings (SSSR count). The minimum absolute atomic E-state index is 0.324. The van der Waals surface area contributed by atoms with E-state index >= 15 is 0 Å². The molecule has 1 aromatic carbocycles. The summed E-state index contributed by atoms with van der Waals surface area (Å²) in [7, 11) is 1.60. The molecule has 0 saturated carbocycles. The number of pyridine rings is 1. The van der Waals surface area contributed by atoms with Crippen LogP contribution < -0.4 is 10.1 Å². The number of carbonyl (C=O) groups is 1. The van der Waals surface area contributed by atoms with Crippen LogP contribution in [0.25, 0.3) is 11.3 Å². The van der Waals surface area contributed by atoms with Gasteiger partial charge in [-0.3, -0.25) is 9.78 Å². The third kappa shape index (κ3) is 3.32. The number of aromatic nitrogens is 3. The maximum absolute atomic E-state index is 12.1. The van der Waals surface area contributed by atoms with Crippen LogP contribution in [-0.4, -0.2) is 28.0 Å². The number of anilines is 1. The van der Waals surface area contributed by atoms with Crippen molar-refractivity contribution in [1.82, 2.24) is 15.0 Å². The molecule has 1 amide bonds. The van der Waals surface area contributed by atoms with Crippen molar-refractivity contribution in [3.63, 3.8) is 0 Å². The average molecular weight is 306 g/mol. The van der Waals surface area contributed by atoms with Crippen molar-refractivity contribution in [2.45, 2.75) is 0 Å². The number of carbonyl (C=O) groups excluding carboxylic acids is 1. The minimum atomic E-state index is -0.324. The number of nitrogens with zero attached hydrogens (tertiary/aromatic N) is 3. The van der Waals surface area contributed by atoms with Crippen LogP contribution in [0.1, 0.15) is 10.5 Å². The maximum atomic E-state index is 12.1. The SMILES string of the molecule is COc1ccccc1-c1cc(NC(=O)c2ccccn2)ncn1. The Morgan fingerprint density at radius 2 is 1.87 bits per heavy atom. The van der Waals surface area contributed by atoms with Gasteiger partial charge in [0.25, 0.3) is 5.91 Å². The van der Waals surface area contributed by atoms with E-state index in [-0.39, 0.29) is 5.91 Å². The molecule has 0 bridgehead atoms. The monoisotopic (exact) mass is 306 g/mol. The van der Waals surface area contributed by atoms with Crippen LogP contribution >= 0.6 is 0 Å². The van der Waals surface area contributed by atoms with Crippen molar-refractivity contribution < 1.29 is 9.53 Å². The Kier molecular flexibility index (Phi) is 4.24. The van der Waals surface area contributed by atoms with Gasteiger partial charge in [0, 0.05) is 17.8 Å². The van der Waals surface area contributed by atoms with Gasteiger partial charge in [0.15, 0.2) is 0 Å². The number of ether oxygens (including phenoxy) is 1. The Hall–Kier alpha value is -3.28. The van der Waals surface area contributed by atoms with Gasteiger partial charge in [-0.25, -0.2) is 9.97 Å². The number of nitrogens with one attached hydrogen (secondary N) is 1. The van der Waals surface area contributed by atoms with Crippen LogP contribution in [0.15, 0.2) is 61.1 Å². The molecule has 1 N–H and O–H groups in total. The number of hydrogen-bond acceptors (Lipinski definition) is 5. The molecule has 6 heteroatoms. The lowest BCUT2D eigenvalue weighted by atomic mass is 10.1. The lowest BCUT2D eigenvalue weighted by Gasteiger charge is -2.09. The first-order valence-corrected chi connectivity index (χ1v) is 6.96. The highest BCUT2D eigenvalue weighted by atomic mass is 16.5. The molecule has 0 spiro atoms. The van der Waals surface area contributed by atoms with Crippen LogP contribution in [0, 0.1) is 0 Å². The molecule has 3 aromatic rings. The lowest BCUT2D eigenvalue weighted by Crippen LogP contribution is -2.14. The number of benzene rings is 1. The second-order valence-electron chi connectivity index (χ2n) is 4.66. The van der Waals surface area contributed by atoms with E-state index in [1.54, 1.807) is 37.6 Å². The van der Waals surface area contributed by atoms with Crippen LogP contribution in [0.4, 0.5) is 5.82 Å². The quantitative estimate of drug-likeness (QED) is 0.802. The van der Waals surface area contributed by atoms with E-state index in [4.69, 9.17) is 4.74 Å². The summed E-state index contributed by atoms with van der Waals surface area (Å²) in [5.41, 5.74) is 1.81. The van der Waals surface area contributed by atoms with Gasteiger partial charge in [-0.05, 0) is 24.3 Å². The molecule has 2 aromatic heterocycles. The smallest absolute Gasteiger partial charge is 0.275 e. The van der Waals surface area contributed by atoms with E-state index < -0.39 is 0 Å². The Morgan fingerprint density at radius 1 is 1.04 bits per heavy atom. The Bertz CT molecular complexity index is 822. The van der Waals surface area contributed by atoms with Crippen molar-refractivity contribution in [3.05, 3.63) is 66.7 Å². The third-order valence-electron chi connectivity index (χ3n) is 3.19. The Morgan fingerprint density at radius 3 is 2.65 bits per heavy atom. The van der Waals surface area contributed by atoms with Crippen LogP contribution in [0.2, 0.25) is 0 Å². The largest absolute Gasteiger partial charge is 0.496 e. The first-order chi connectivity index (χ1) is 11.3. The maximum Gasteiger partial charge on any atom is 0.275 e. The van der Waals surface area contributed by atoms with E-state index in [2.05, 4.69) is 20.3 Å². The first kappa shape index (κ1) is 14.6. The number of rotatable bonds is 4. The Labute approximate surface area is 133 Å². The van der Waals surface area contributed by atoms with Gasteiger partial charge >= 0.3 is 0 Å². The summed E-state index contributed by atoms with van der Waals surface area (Å²) >= 11 is 0. The molecule has 6 nitrogen and oxygen atoms in total. The first-order valence-electron chi connectivity index (χ1n) is 6.96. The van der Waals surface area contributed by atoms with E-state index in [0.717, 1.165) is 5.56 Å². The van der Waals surface area contributed by atoms with Gasteiger partial charge in [0.05, 0.1) is 12.8 Å². The van der Waals surface area contributed by atoms with Crippen molar-refractivity contribution in [1.29, 1.82) is 0 Å². The molecular weight excluding hydrogens is 292 g/mol. The zero-order valence-corrected chi connectivity index (χ0v) is 12.4. The van der Waals surface area contributed by atoms with Gasteiger partial charge in [-0.15, -0.1) is 0 Å². The molecule has 0 aliphatic heterocycles. The predicted octanol–water partition coefficient (Wildman–Crippen LogP) is 2.80. The fraction of sp³-hybridized carbons (Fsp3) is 0.0588. The molecule has 2 heterocycles. The zero-order chi connectivity index (χ0) is 16.1. The fourth-order valence-corrected chi connectivity index (χ4v) is 2.11. The standard InChI is InChI=1S/C17H14N4O2/c1-23-15-8-3-2-6-12(15)14-10-16(20-11-19-14)21-17(22)13-7-4-5-9-18-13/h2-11H,1H3,(H,19,20,21,22). The number of amides is 1. The van der Waals surface area contributed by atoms with E-state index in [1.807, 2.05) is 24.3 Å². The highest BCUT2D eigenvalue weighted by molar-refractivity contribution is 6.02. The average Bonchev–Trinajstić information content (AvgIpc) is 2.62. The van der Waals surface area contributed by atoms with E-state index in [0.29, 0.717) is 23.0 Å². The van der Waals surface area contributed by atoms with Crippen molar-refractivity contribution >= 4 is 11.7 Å². The molecule has 0 aliphatic rings. The van der Waals surface area contributed by atoms with E-state index in [1.165, 1.54) is 6.33 Å². The minimum Gasteiger partial charge on any atom is -0.496 e. The molecular formula is C17H14N4O2. The van der Waals surface area contributed by atoms with Crippen molar-refractivity contribution in [2.24, 2.45) is 0 Å². The van der Waals surface area contributed by atoms with Gasteiger partial charge in [-0.1, -0.05) is 18.2 Å². The summed E-state index contributed by atoms with van der Waals surface area (Å²) in [6.45, 7) is 0. The molecule has 0 aliphatic carbocycles. The van der Waals surface area contributed by atoms with Crippen LogP contribution in [0.3, 0.4) is 0 Å². The van der Waals surface area contributed by atoms with Crippen LogP contribution in [-0.2, 0) is 0 Å². The molecule has 0 atom stereocenters. The number of para-hydroxylation sites is 1. The summed E-state index contributed by atoms with van der Waals surface area (Å²) < 4.78 is 5.33. The molecule has 0 radical (unpaired) electrons. The molecule has 0 unspecified atom stereocenters. The third-order valence-corrected chi connectivity index (χ3v) is 3.19. The summed E-state index contributed by atoms with van der Waals surface area (Å²) in [5.74, 6) is 0.778. The number of hydrogen-bond donors (Lipinski definition) is 1. The van der Waals surface area contributed by atoms with Crippen molar-refractivity contribution in [2.75, 3.05) is 12.4 Å². The summed E-state index contributed by atoms with van der Waals surface area (Å²) in [6.07, 6.45) is 2.96. The second-order valence-corrected chi connectivity index (χ2v) is 4.66. The molecule has 114 valence electrons. The fourth-order valence-electron chi connectivity index (χ4n) is 2.11. The highest BCUT2D eigenvalue weighted by Gasteiger charge is 2.11. The normalized spacial score (nSPS) is 10.1. The molecule has 0 saturated heterocycles. The lowest BCUT2D eigenvalue weighted by molar-refractivity contribution is 0.102. The number of methoxy groups -OCH3 is 1. The van der Waals surface area contributed by atoms with Crippen molar-refractivity contribution in [3.8, 4) is 17.0 Å². The predicted molar refractivity (Wildman–Crippen MR) is 86.2 cm³/mol. The second kappa shape index (κ2) is 6.65. The molecule has 0 fully saturated rings. The molecule has 23 heavy (non-hydrogen) atoms. The zero-order valence-electron chi connectivity index (χ0n) is 12.4. The summed E-state index contributed by atoms with van der Waals surface area (Å²) in [4.78, 5) is 24.4. The van der Waals surface area contributed by atoms with Gasteiger partial charge in [0.1, 0.15) is 23.6 Å². The summed E-state index contributed by atoms with van der Waals surface area (Å²) in [6, 6.07) is 14.4. The van der Waals surface area contributed by atoms with Crippen LogP contribution in [0.5, 0.6) is 5.75 Å². The van der Waals surface area contributed by atoms with E-state index in [9.17, 15) is 4.79 Å². The van der Waals surface area contributed by atoms with Gasteiger partial charge in [0.2, 0.25) is 0 Å². The Balaban J connectivity index is 1.87. The van der Waals surface area contributed by atoms with Gasteiger partial charge in [-0.2, -0.15) is 0 Å². The topological polar surface area (TPSA) is 77.0 Å². The highest BCUT2D eigenvalue weighted by Crippen LogP contribution is 2.28.